The number of amides is 2. The third kappa shape index (κ3) is 7.05. The number of fused-ring (bicyclic) bond motifs is 1. The maximum Gasteiger partial charge on any atom is 0.261 e. The molecule has 7 heteroatoms. The van der Waals surface area contributed by atoms with Gasteiger partial charge in [0.2, 0.25) is 0 Å². The van der Waals surface area contributed by atoms with Crippen molar-refractivity contribution in [1.82, 2.24) is 4.90 Å². The van der Waals surface area contributed by atoms with Crippen molar-refractivity contribution < 1.29 is 14.1 Å². The minimum atomic E-state index is -0.581. The maximum absolute atomic E-state index is 12.4. The number of carbonyl (C=O) groups excluding carboxylic acids is 2. The van der Waals surface area contributed by atoms with Crippen LogP contribution in [0.25, 0.3) is 0 Å². The third-order valence-corrected chi connectivity index (χ3v) is 6.95. The van der Waals surface area contributed by atoms with Gasteiger partial charge in [-0.05, 0) is 66.1 Å². The molecule has 0 N–H and O–H groups in total. The summed E-state index contributed by atoms with van der Waals surface area (Å²) in [6.45, 7) is 6.71. The van der Waals surface area contributed by atoms with Crippen LogP contribution in [-0.2, 0) is 4.52 Å². The molecule has 27 heavy (non-hydrogen) atoms. The van der Waals surface area contributed by atoms with Crippen LogP contribution in [0.2, 0.25) is 0 Å². The van der Waals surface area contributed by atoms with Gasteiger partial charge in [-0.1, -0.05) is 24.5 Å². The molecule has 0 aliphatic carbocycles. The lowest BCUT2D eigenvalue weighted by Gasteiger charge is -2.26. The molecule has 1 heterocycles. The summed E-state index contributed by atoms with van der Waals surface area (Å²) >= 11 is 2.17. The lowest BCUT2D eigenvalue weighted by molar-refractivity contribution is 0.0651. The van der Waals surface area contributed by atoms with Crippen molar-refractivity contribution in [3.05, 3.63) is 35.4 Å². The molecule has 2 rings (SSSR count). The topological polar surface area (TPSA) is 46.6 Å². The fourth-order valence-electron chi connectivity index (χ4n) is 2.87. The van der Waals surface area contributed by atoms with Gasteiger partial charge in [-0.2, -0.15) is 0 Å². The second-order valence-corrected chi connectivity index (χ2v) is 10.9. The van der Waals surface area contributed by atoms with E-state index in [-0.39, 0.29) is 17.4 Å². The summed E-state index contributed by atoms with van der Waals surface area (Å²) in [5.41, 5.74) is 0.887. The Labute approximate surface area is 179 Å². The zero-order valence-corrected chi connectivity index (χ0v) is 19.8. The molecule has 1 aliphatic rings. The Kier molecular flexibility index (Phi) is 9.07. The molecule has 146 valence electrons. The predicted molar refractivity (Wildman–Crippen MR) is 123 cm³/mol. The summed E-state index contributed by atoms with van der Waals surface area (Å²) in [6, 6.07) is 7.04. The van der Waals surface area contributed by atoms with Gasteiger partial charge in [0.05, 0.1) is 22.9 Å². The fraction of sp³-hybridized carbons (Fsp3) is 0.500. The van der Waals surface area contributed by atoms with Crippen molar-refractivity contribution in [3.8, 4) is 11.2 Å². The molecular weight excluding hydrogens is 492 g/mol. The molecular formula is C20H25INO3PS. The number of nitrogens with zero attached hydrogens (tertiary/aromatic N) is 1. The highest BCUT2D eigenvalue weighted by atomic mass is 127. The highest BCUT2D eigenvalue weighted by Crippen LogP contribution is 2.42. The number of hydrogen-bond donors (Lipinski definition) is 0. The third-order valence-electron chi connectivity index (χ3n) is 3.94. The summed E-state index contributed by atoms with van der Waals surface area (Å²) in [5.74, 6) is 2.84. The first-order valence-electron chi connectivity index (χ1n) is 8.98. The highest BCUT2D eigenvalue weighted by Gasteiger charge is 2.34. The van der Waals surface area contributed by atoms with Gasteiger partial charge in [0.1, 0.15) is 0 Å². The standard InChI is InChI=1S/C20H25INO3PS/c1-20(2,3)25-26(14-9-15-27-21)13-8-4-7-12-22-18(23)16-10-5-6-11-17(16)19(22)24/h5-6,10-11H,4,7-8,12-14H2,1-3H3. The Morgan fingerprint density at radius 3 is 2.30 bits per heavy atom. The minimum Gasteiger partial charge on any atom is -0.353 e. The molecule has 1 aromatic carbocycles. The largest absolute Gasteiger partial charge is 0.353 e. The first-order chi connectivity index (χ1) is 12.8. The Balaban J connectivity index is 1.77. The maximum atomic E-state index is 12.4. The molecule has 1 aliphatic heterocycles. The molecule has 0 radical (unpaired) electrons. The molecule has 1 aromatic rings. The van der Waals surface area contributed by atoms with Crippen LogP contribution < -0.4 is 0 Å². The van der Waals surface area contributed by atoms with E-state index in [9.17, 15) is 9.59 Å². The molecule has 2 amide bonds. The smallest absolute Gasteiger partial charge is 0.261 e. The van der Waals surface area contributed by atoms with E-state index in [0.717, 1.165) is 31.6 Å². The van der Waals surface area contributed by atoms with Crippen LogP contribution in [0.1, 0.15) is 60.7 Å². The molecule has 1 unspecified atom stereocenters. The Morgan fingerprint density at radius 2 is 1.74 bits per heavy atom. The molecule has 0 fully saturated rings. The second kappa shape index (κ2) is 10.8. The van der Waals surface area contributed by atoms with E-state index in [2.05, 4.69) is 53.1 Å². The lowest BCUT2D eigenvalue weighted by atomic mass is 10.1. The number of benzene rings is 1. The summed E-state index contributed by atoms with van der Waals surface area (Å²) < 4.78 is 6.17. The fourth-order valence-corrected chi connectivity index (χ4v) is 5.49. The second-order valence-electron chi connectivity index (χ2n) is 7.29. The van der Waals surface area contributed by atoms with E-state index >= 15 is 0 Å². The first-order valence-corrected chi connectivity index (χ1v) is 14.0. The van der Waals surface area contributed by atoms with Crippen molar-refractivity contribution in [2.45, 2.75) is 45.6 Å². The van der Waals surface area contributed by atoms with E-state index < -0.39 is 8.15 Å². The van der Waals surface area contributed by atoms with Crippen LogP contribution in [0.5, 0.6) is 0 Å². The summed E-state index contributed by atoms with van der Waals surface area (Å²) in [6.07, 6.45) is 4.59. The van der Waals surface area contributed by atoms with Crippen LogP contribution in [-0.4, -0.2) is 41.2 Å². The number of hydrogen-bond acceptors (Lipinski definition) is 4. The average molecular weight is 517 g/mol. The molecule has 0 saturated carbocycles. The Hall–Kier alpha value is -0.610. The van der Waals surface area contributed by atoms with Crippen LogP contribution in [0.3, 0.4) is 0 Å². The van der Waals surface area contributed by atoms with Gasteiger partial charge in [-0.15, -0.1) is 0 Å². The molecule has 1 atom stereocenters. The molecule has 0 spiro atoms. The zero-order valence-electron chi connectivity index (χ0n) is 16.0. The van der Waals surface area contributed by atoms with E-state index in [0.29, 0.717) is 17.7 Å². The SMILES string of the molecule is CC(C)(C)OP(CC#CSI)CCCCCN1C(=O)c2ccccc2C1=O. The van der Waals surface area contributed by atoms with Crippen LogP contribution in [0.15, 0.2) is 24.3 Å². The summed E-state index contributed by atoms with van der Waals surface area (Å²) in [4.78, 5) is 26.1. The monoisotopic (exact) mass is 517 g/mol. The first kappa shape index (κ1) is 22.7. The van der Waals surface area contributed by atoms with E-state index in [1.807, 2.05) is 0 Å². The van der Waals surface area contributed by atoms with Gasteiger partial charge in [-0.3, -0.25) is 14.5 Å². The van der Waals surface area contributed by atoms with Gasteiger partial charge in [0.25, 0.3) is 11.8 Å². The van der Waals surface area contributed by atoms with Crippen molar-refractivity contribution in [3.63, 3.8) is 0 Å². The van der Waals surface area contributed by atoms with Crippen LogP contribution >= 0.6 is 38.3 Å². The van der Waals surface area contributed by atoms with Crippen molar-refractivity contribution in [2.75, 3.05) is 18.9 Å². The van der Waals surface area contributed by atoms with Gasteiger partial charge in [0.15, 0.2) is 0 Å². The normalized spacial score (nSPS) is 14.7. The van der Waals surface area contributed by atoms with E-state index in [1.54, 1.807) is 24.3 Å². The van der Waals surface area contributed by atoms with Gasteiger partial charge in [0, 0.05) is 35.9 Å². The molecule has 0 saturated heterocycles. The highest BCUT2D eigenvalue weighted by molar-refractivity contribution is 14.2. The Morgan fingerprint density at radius 1 is 1.11 bits per heavy atom. The average Bonchev–Trinajstić information content (AvgIpc) is 2.85. The quantitative estimate of drug-likeness (QED) is 0.146. The number of carbonyl (C=O) groups is 2. The van der Waals surface area contributed by atoms with Crippen molar-refractivity contribution in [1.29, 1.82) is 0 Å². The van der Waals surface area contributed by atoms with E-state index in [1.165, 1.54) is 13.8 Å². The number of imide groups is 1. The summed E-state index contributed by atoms with van der Waals surface area (Å²) in [5, 5.41) is 3.03. The van der Waals surface area contributed by atoms with Crippen LogP contribution in [0.4, 0.5) is 0 Å². The van der Waals surface area contributed by atoms with Crippen molar-refractivity contribution >= 4 is 50.1 Å². The minimum absolute atomic E-state index is 0.162. The molecule has 4 nitrogen and oxygen atoms in total. The lowest BCUT2D eigenvalue weighted by Crippen LogP contribution is -2.30. The number of rotatable bonds is 8. The number of unbranched alkanes of at least 4 members (excludes halogenated alkanes) is 2. The Bertz CT molecular complexity index is 704. The van der Waals surface area contributed by atoms with Gasteiger partial charge < -0.3 is 4.52 Å². The zero-order chi connectivity index (χ0) is 19.9. The predicted octanol–water partition coefficient (Wildman–Crippen LogP) is 5.71. The summed E-state index contributed by atoms with van der Waals surface area (Å²) in [7, 11) is 0.917. The number of halogens is 1. The van der Waals surface area contributed by atoms with Crippen LogP contribution in [0, 0.1) is 11.2 Å². The van der Waals surface area contributed by atoms with E-state index in [4.69, 9.17) is 4.52 Å². The molecule has 0 bridgehead atoms. The van der Waals surface area contributed by atoms with Gasteiger partial charge >= 0.3 is 0 Å². The molecule has 0 aromatic heterocycles. The van der Waals surface area contributed by atoms with Gasteiger partial charge in [-0.25, -0.2) is 0 Å². The van der Waals surface area contributed by atoms with Crippen molar-refractivity contribution in [2.24, 2.45) is 0 Å².